The van der Waals surface area contributed by atoms with Gasteiger partial charge in [0.25, 0.3) is 0 Å². The average Bonchev–Trinajstić information content (AvgIpc) is 3.92. The Morgan fingerprint density at radius 3 is 1.11 bits per heavy atom. The Hall–Kier alpha value is -5.56. The Morgan fingerprint density at radius 1 is 0.333 bits per heavy atom. The average molecular weight is 1250 g/mol. The van der Waals surface area contributed by atoms with E-state index in [2.05, 4.69) is 226 Å². The summed E-state index contributed by atoms with van der Waals surface area (Å²) in [6, 6.07) is 78.7. The van der Waals surface area contributed by atoms with Crippen molar-refractivity contribution in [2.75, 3.05) is 0 Å². The van der Waals surface area contributed by atoms with Crippen molar-refractivity contribution in [2.45, 2.75) is 26.7 Å². The van der Waals surface area contributed by atoms with Gasteiger partial charge in [-0.25, -0.2) is 0 Å². The molecule has 0 N–H and O–H groups in total. The van der Waals surface area contributed by atoms with E-state index in [4.69, 9.17) is 12.8 Å². The van der Waals surface area contributed by atoms with E-state index in [1.165, 1.54) is 87.5 Å². The molecule has 0 bridgehead atoms. The zero-order chi connectivity index (χ0) is 43.8. The molecule has 66 heavy (non-hydrogen) atoms. The summed E-state index contributed by atoms with van der Waals surface area (Å²) < 4.78 is 0. The molecule has 4 heteroatoms. The van der Waals surface area contributed by atoms with E-state index >= 15 is 0 Å². The van der Waals surface area contributed by atoms with Crippen molar-refractivity contribution in [3.05, 3.63) is 276 Å². The fourth-order valence-corrected chi connectivity index (χ4v) is 15.2. The maximum atomic E-state index is 7.14. The van der Waals surface area contributed by atoms with Crippen LogP contribution in [0.25, 0.3) is 22.3 Å². The van der Waals surface area contributed by atoms with Gasteiger partial charge in [0, 0.05) is 0 Å². The summed E-state index contributed by atoms with van der Waals surface area (Å²) in [5, 5.41) is 8.78. The second-order valence-corrected chi connectivity index (χ2v) is 21.2. The molecule has 2 aliphatic carbocycles. The van der Waals surface area contributed by atoms with Crippen molar-refractivity contribution in [3.8, 4) is 34.1 Å². The molecule has 0 unspecified atom stereocenters. The standard InChI is InChI=1S/C32H28P2.2C15H9.2Au/c1-25-23-31(33(27-15-7-3-8-16-27)28-17-9-4-10-18-28)32(24-26(25)2)34(29-19-11-5-12-20-29)30-21-13-6-14-22-30;1-2-11-7-8-15-13(9-11)10-12-5-3-4-6-14(12)15;1-2-11-7-8-13-10-12-5-3-4-6-14(12)15(13)9-11;;/h3-24H,1-2H3;2*3-9H,10H2;;/q;2*-1;2*+1/p+2. The van der Waals surface area contributed by atoms with Crippen LogP contribution in [0.2, 0.25) is 0 Å². The van der Waals surface area contributed by atoms with Gasteiger partial charge in [-0.05, 0) is 137 Å². The van der Waals surface area contributed by atoms with Crippen LogP contribution >= 0.6 is 15.8 Å². The first-order valence-corrected chi connectivity index (χ1v) is 24.8. The third-order valence-corrected chi connectivity index (χ3v) is 18.1. The fourth-order valence-electron chi connectivity index (χ4n) is 9.03. The maximum Gasteiger partial charge on any atom is 1.00 e. The van der Waals surface area contributed by atoms with Gasteiger partial charge < -0.3 is 12.8 Å². The minimum atomic E-state index is -1.18. The van der Waals surface area contributed by atoms with Crippen molar-refractivity contribution < 1.29 is 44.8 Å². The predicted octanol–water partition coefficient (Wildman–Crippen LogP) is 11.7. The Kier molecular flexibility index (Phi) is 16.7. The Bertz CT molecular complexity index is 2960. The third kappa shape index (κ3) is 10.7. The molecule has 0 spiro atoms. The zero-order valence-electron chi connectivity index (χ0n) is 36.8. The fraction of sp³-hybridized carbons (Fsp3) is 0.0645. The first kappa shape index (κ1) is 48.4. The van der Waals surface area contributed by atoms with Gasteiger partial charge in [0.2, 0.25) is 0 Å². The monoisotopic (exact) mass is 1250 g/mol. The summed E-state index contributed by atoms with van der Waals surface area (Å²) in [6.45, 7) is 4.52. The van der Waals surface area contributed by atoms with Crippen LogP contribution in [0.15, 0.2) is 218 Å². The molecule has 0 aliphatic heterocycles. The molecule has 0 saturated heterocycles. The largest absolute Gasteiger partial charge is 1.00 e. The second kappa shape index (κ2) is 22.8. The van der Waals surface area contributed by atoms with Crippen molar-refractivity contribution in [2.24, 2.45) is 0 Å². The van der Waals surface area contributed by atoms with E-state index < -0.39 is 15.8 Å². The van der Waals surface area contributed by atoms with Crippen LogP contribution in [-0.2, 0) is 57.6 Å². The molecule has 0 heterocycles. The molecule has 11 rings (SSSR count). The summed E-state index contributed by atoms with van der Waals surface area (Å²) in [7, 11) is -2.36. The normalized spacial score (nSPS) is 11.1. The molecule has 0 nitrogen and oxygen atoms in total. The molecule has 0 saturated carbocycles. The van der Waals surface area contributed by atoms with E-state index in [1.54, 1.807) is 0 Å². The number of benzene rings is 9. The molecule has 0 amide bonds. The van der Waals surface area contributed by atoms with Crippen LogP contribution in [-0.4, -0.2) is 0 Å². The summed E-state index contributed by atoms with van der Waals surface area (Å²) in [6.07, 6.45) is 16.3. The predicted molar refractivity (Wildman–Crippen MR) is 278 cm³/mol. The van der Waals surface area contributed by atoms with Gasteiger partial charge in [0.1, 0.15) is 47.7 Å². The molecule has 0 aromatic heterocycles. The summed E-state index contributed by atoms with van der Waals surface area (Å²) >= 11 is 0. The molecule has 9 aromatic rings. The molecule has 2 aliphatic rings. The second-order valence-electron chi connectivity index (χ2n) is 16.4. The van der Waals surface area contributed by atoms with Gasteiger partial charge in [0.05, 0.1) is 0 Å². The van der Waals surface area contributed by atoms with Gasteiger partial charge >= 0.3 is 44.8 Å². The molecular formula is C62H48Au2P2+2. The number of hydrogen-bond acceptors (Lipinski definition) is 0. The maximum absolute atomic E-state index is 7.14. The Balaban J connectivity index is 0.000000167. The SMILES string of the molecule is Cc1cc([PH+](c2ccccc2)c2ccccc2)c([PH+](c2ccccc2)c2ccccc2)cc1C.[Au+].[Au+].[C-]#Cc1ccc2c(c1)-c1ccccc1C2.[C-]#Cc1ccc2c(c1)Cc1ccccc1-2. The minimum absolute atomic E-state index is 0. The van der Waals surface area contributed by atoms with E-state index in [-0.39, 0.29) is 44.8 Å². The molecule has 326 valence electrons. The Labute approximate surface area is 425 Å². The van der Waals surface area contributed by atoms with Crippen LogP contribution in [0, 0.1) is 38.5 Å². The van der Waals surface area contributed by atoms with Crippen LogP contribution in [0.4, 0.5) is 0 Å². The van der Waals surface area contributed by atoms with Gasteiger partial charge in [0.15, 0.2) is 0 Å². The first-order valence-electron chi connectivity index (χ1n) is 21.8. The number of rotatable bonds is 6. The third-order valence-electron chi connectivity index (χ3n) is 12.3. The molecule has 0 radical (unpaired) electrons. The molecule has 0 atom stereocenters. The van der Waals surface area contributed by atoms with Gasteiger partial charge in [-0.2, -0.15) is 0 Å². The van der Waals surface area contributed by atoms with Gasteiger partial charge in [-0.3, -0.25) is 11.8 Å². The summed E-state index contributed by atoms with van der Waals surface area (Å²) in [5.41, 5.74) is 15.1. The van der Waals surface area contributed by atoms with E-state index in [1.807, 2.05) is 18.2 Å². The van der Waals surface area contributed by atoms with E-state index in [9.17, 15) is 0 Å². The van der Waals surface area contributed by atoms with Crippen molar-refractivity contribution in [1.29, 1.82) is 0 Å². The van der Waals surface area contributed by atoms with Crippen molar-refractivity contribution in [1.82, 2.24) is 0 Å². The molecule has 0 fully saturated rings. The quantitative estimate of drug-likeness (QED) is 0.0674. The van der Waals surface area contributed by atoms with Gasteiger partial charge in [-0.1, -0.05) is 139 Å². The first-order chi connectivity index (χ1) is 31.5. The van der Waals surface area contributed by atoms with E-state index in [0.717, 1.165) is 24.0 Å². The zero-order valence-corrected chi connectivity index (χ0v) is 43.1. The van der Waals surface area contributed by atoms with Crippen LogP contribution < -0.4 is 31.8 Å². The topological polar surface area (TPSA) is 0 Å². The minimum Gasteiger partial charge on any atom is -0.366 e. The van der Waals surface area contributed by atoms with Crippen molar-refractivity contribution >= 4 is 47.7 Å². The van der Waals surface area contributed by atoms with Crippen LogP contribution in [0.3, 0.4) is 0 Å². The number of aryl methyl sites for hydroxylation is 2. The van der Waals surface area contributed by atoms with Gasteiger partial charge in [-0.15, -0.1) is 35.4 Å². The molecule has 9 aromatic carbocycles. The van der Waals surface area contributed by atoms with Crippen LogP contribution in [0.5, 0.6) is 0 Å². The summed E-state index contributed by atoms with van der Waals surface area (Å²) in [4.78, 5) is 0. The number of fused-ring (bicyclic) bond motifs is 6. The smallest absolute Gasteiger partial charge is 0.366 e. The molecular weight excluding hydrogens is 1200 g/mol. The summed E-state index contributed by atoms with van der Waals surface area (Å²) in [5.74, 6) is 4.87. The van der Waals surface area contributed by atoms with Crippen LogP contribution in [0.1, 0.15) is 44.5 Å². The van der Waals surface area contributed by atoms with E-state index in [0.29, 0.717) is 0 Å². The Morgan fingerprint density at radius 2 is 0.667 bits per heavy atom. The van der Waals surface area contributed by atoms with Crippen molar-refractivity contribution in [3.63, 3.8) is 0 Å². The number of hydrogen-bond donors (Lipinski definition) is 0.